The van der Waals surface area contributed by atoms with E-state index in [9.17, 15) is 13.2 Å². The standard InChI is InChI=1S/C22H34N2O4S/c1-23(14-18-6-4-3-5-7-18)22(25)16-24(20-12-13-29(26,27)17-20)15-19-8-10-21(28-2)11-9-19/h8-11,18,20H,3-7,12-17H2,1-2H3. The van der Waals surface area contributed by atoms with E-state index in [4.69, 9.17) is 4.74 Å². The molecule has 1 aromatic carbocycles. The van der Waals surface area contributed by atoms with Gasteiger partial charge in [0.1, 0.15) is 5.75 Å². The lowest BCUT2D eigenvalue weighted by Gasteiger charge is -2.31. The van der Waals surface area contributed by atoms with Gasteiger partial charge in [0, 0.05) is 26.2 Å². The molecule has 2 fully saturated rings. The van der Waals surface area contributed by atoms with Crippen LogP contribution < -0.4 is 4.74 Å². The zero-order chi connectivity index (χ0) is 20.9. The molecule has 7 heteroatoms. The Bertz CT molecular complexity index is 773. The number of ether oxygens (including phenoxy) is 1. The predicted molar refractivity (Wildman–Crippen MR) is 115 cm³/mol. The molecule has 1 saturated carbocycles. The number of hydrogen-bond donors (Lipinski definition) is 0. The van der Waals surface area contributed by atoms with Crippen molar-refractivity contribution < 1.29 is 17.9 Å². The number of methoxy groups -OCH3 is 1. The van der Waals surface area contributed by atoms with Gasteiger partial charge < -0.3 is 9.64 Å². The Kier molecular flexibility index (Phi) is 7.57. The molecule has 6 nitrogen and oxygen atoms in total. The van der Waals surface area contributed by atoms with Gasteiger partial charge in [0.05, 0.1) is 25.2 Å². The number of carbonyl (C=O) groups excluding carboxylic acids is 1. The first-order chi connectivity index (χ1) is 13.9. The molecule has 2 aliphatic rings. The second-order valence-electron chi connectivity index (χ2n) is 8.59. The van der Waals surface area contributed by atoms with Crippen molar-refractivity contribution in [3.8, 4) is 5.75 Å². The fourth-order valence-corrected chi connectivity index (χ4v) is 6.26. The molecule has 0 aromatic heterocycles. The molecule has 1 heterocycles. The van der Waals surface area contributed by atoms with Crippen LogP contribution in [0.3, 0.4) is 0 Å². The van der Waals surface area contributed by atoms with Crippen molar-refractivity contribution >= 4 is 15.7 Å². The van der Waals surface area contributed by atoms with Crippen LogP contribution in [0.4, 0.5) is 0 Å². The third kappa shape index (κ3) is 6.44. The minimum Gasteiger partial charge on any atom is -0.497 e. The molecule has 3 rings (SSSR count). The van der Waals surface area contributed by atoms with Crippen LogP contribution in [-0.2, 0) is 21.2 Å². The van der Waals surface area contributed by atoms with Gasteiger partial charge in [-0.25, -0.2) is 8.42 Å². The first kappa shape index (κ1) is 22.1. The molecule has 29 heavy (non-hydrogen) atoms. The molecule has 1 saturated heterocycles. The summed E-state index contributed by atoms with van der Waals surface area (Å²) in [5, 5.41) is 0. The van der Waals surface area contributed by atoms with E-state index >= 15 is 0 Å². The number of sulfone groups is 1. The van der Waals surface area contributed by atoms with E-state index < -0.39 is 9.84 Å². The highest BCUT2D eigenvalue weighted by atomic mass is 32.2. The lowest BCUT2D eigenvalue weighted by molar-refractivity contribution is -0.132. The summed E-state index contributed by atoms with van der Waals surface area (Å²) in [6.07, 6.45) is 6.83. The van der Waals surface area contributed by atoms with Gasteiger partial charge >= 0.3 is 0 Å². The van der Waals surface area contributed by atoms with Crippen LogP contribution in [0.5, 0.6) is 5.75 Å². The highest BCUT2D eigenvalue weighted by Gasteiger charge is 2.33. The van der Waals surface area contributed by atoms with Crippen LogP contribution in [0.1, 0.15) is 44.1 Å². The Balaban J connectivity index is 1.65. The van der Waals surface area contributed by atoms with Crippen LogP contribution in [0.2, 0.25) is 0 Å². The molecule has 1 aliphatic carbocycles. The quantitative estimate of drug-likeness (QED) is 0.644. The van der Waals surface area contributed by atoms with Gasteiger partial charge in [-0.2, -0.15) is 0 Å². The average molecular weight is 423 g/mol. The van der Waals surface area contributed by atoms with Crippen LogP contribution in [0.25, 0.3) is 0 Å². The number of likely N-dealkylation sites (N-methyl/N-ethyl adjacent to an activating group) is 1. The first-order valence-corrected chi connectivity index (χ1v) is 12.5. The number of hydrogen-bond acceptors (Lipinski definition) is 5. The second-order valence-corrected chi connectivity index (χ2v) is 10.8. The zero-order valence-corrected chi connectivity index (χ0v) is 18.5. The summed E-state index contributed by atoms with van der Waals surface area (Å²) in [5.41, 5.74) is 1.05. The molecule has 1 aromatic rings. The summed E-state index contributed by atoms with van der Waals surface area (Å²) in [4.78, 5) is 16.8. The molecule has 1 aliphatic heterocycles. The van der Waals surface area contributed by atoms with Gasteiger partial charge in [-0.1, -0.05) is 31.4 Å². The Hall–Kier alpha value is -1.60. The molecule has 1 amide bonds. The fourth-order valence-electron chi connectivity index (χ4n) is 4.50. The van der Waals surface area contributed by atoms with Gasteiger partial charge in [-0.15, -0.1) is 0 Å². The monoisotopic (exact) mass is 422 g/mol. The highest BCUT2D eigenvalue weighted by molar-refractivity contribution is 7.91. The van der Waals surface area contributed by atoms with E-state index in [-0.39, 0.29) is 30.0 Å². The van der Waals surface area contributed by atoms with Crippen molar-refractivity contribution in [3.63, 3.8) is 0 Å². The first-order valence-electron chi connectivity index (χ1n) is 10.7. The number of benzene rings is 1. The van der Waals surface area contributed by atoms with Crippen molar-refractivity contribution in [2.45, 2.75) is 51.1 Å². The van der Waals surface area contributed by atoms with Crippen molar-refractivity contribution in [1.29, 1.82) is 0 Å². The third-order valence-electron chi connectivity index (χ3n) is 6.29. The Morgan fingerprint density at radius 1 is 1.10 bits per heavy atom. The van der Waals surface area contributed by atoms with E-state index in [2.05, 4.69) is 0 Å². The second kappa shape index (κ2) is 9.94. The van der Waals surface area contributed by atoms with E-state index in [0.717, 1.165) is 17.9 Å². The maximum atomic E-state index is 13.0. The maximum Gasteiger partial charge on any atom is 0.236 e. The lowest BCUT2D eigenvalue weighted by atomic mass is 9.89. The van der Waals surface area contributed by atoms with Gasteiger partial charge in [0.15, 0.2) is 9.84 Å². The van der Waals surface area contributed by atoms with E-state index in [1.807, 2.05) is 41.1 Å². The molecule has 0 bridgehead atoms. The molecular formula is C22H34N2O4S. The Morgan fingerprint density at radius 2 is 1.79 bits per heavy atom. The van der Waals surface area contributed by atoms with Gasteiger partial charge in [-0.3, -0.25) is 9.69 Å². The summed E-state index contributed by atoms with van der Waals surface area (Å²) < 4.78 is 29.3. The van der Waals surface area contributed by atoms with Gasteiger partial charge in [-0.05, 0) is 42.9 Å². The molecule has 1 atom stereocenters. The SMILES string of the molecule is COc1ccc(CN(CC(=O)N(C)CC2CCCCC2)C2CCS(=O)(=O)C2)cc1. The van der Waals surface area contributed by atoms with Crippen molar-refractivity contribution in [2.24, 2.45) is 5.92 Å². The Morgan fingerprint density at radius 3 is 2.38 bits per heavy atom. The predicted octanol–water partition coefficient (Wildman–Crippen LogP) is 2.72. The summed E-state index contributed by atoms with van der Waals surface area (Å²) in [6, 6.07) is 7.65. The molecule has 0 N–H and O–H groups in total. The van der Waals surface area contributed by atoms with Crippen LogP contribution in [0.15, 0.2) is 24.3 Å². The third-order valence-corrected chi connectivity index (χ3v) is 8.04. The molecule has 0 radical (unpaired) electrons. The minimum atomic E-state index is -3.01. The number of nitrogens with zero attached hydrogens (tertiary/aromatic N) is 2. The average Bonchev–Trinajstić information content (AvgIpc) is 3.08. The van der Waals surface area contributed by atoms with E-state index in [1.54, 1.807) is 7.11 Å². The number of rotatable bonds is 8. The molecule has 162 valence electrons. The van der Waals surface area contributed by atoms with Crippen LogP contribution >= 0.6 is 0 Å². The number of amides is 1. The largest absolute Gasteiger partial charge is 0.497 e. The van der Waals surface area contributed by atoms with Crippen molar-refractivity contribution in [1.82, 2.24) is 9.80 Å². The number of carbonyl (C=O) groups is 1. The van der Waals surface area contributed by atoms with Crippen LogP contribution in [0, 0.1) is 5.92 Å². The summed E-state index contributed by atoms with van der Waals surface area (Å²) in [5.74, 6) is 1.81. The van der Waals surface area contributed by atoms with E-state index in [1.165, 1.54) is 32.1 Å². The molecule has 0 spiro atoms. The van der Waals surface area contributed by atoms with Crippen molar-refractivity contribution in [2.75, 3.05) is 38.8 Å². The van der Waals surface area contributed by atoms with Crippen molar-refractivity contribution in [3.05, 3.63) is 29.8 Å². The normalized spacial score (nSPS) is 22.0. The summed E-state index contributed by atoms with van der Waals surface area (Å²) >= 11 is 0. The summed E-state index contributed by atoms with van der Waals surface area (Å²) in [7, 11) is 0.505. The molecule has 1 unspecified atom stereocenters. The Labute approximate surface area is 175 Å². The topological polar surface area (TPSA) is 66.9 Å². The maximum absolute atomic E-state index is 13.0. The van der Waals surface area contributed by atoms with Gasteiger partial charge in [0.2, 0.25) is 5.91 Å². The van der Waals surface area contributed by atoms with Gasteiger partial charge in [0.25, 0.3) is 0 Å². The zero-order valence-electron chi connectivity index (χ0n) is 17.7. The fraction of sp³-hybridized carbons (Fsp3) is 0.682. The van der Waals surface area contributed by atoms with E-state index in [0.29, 0.717) is 18.9 Å². The highest BCUT2D eigenvalue weighted by Crippen LogP contribution is 2.25. The minimum absolute atomic E-state index is 0.0772. The smallest absolute Gasteiger partial charge is 0.236 e. The molecular weight excluding hydrogens is 388 g/mol. The summed E-state index contributed by atoms with van der Waals surface area (Å²) in [6.45, 7) is 1.63. The van der Waals surface area contributed by atoms with Crippen LogP contribution in [-0.4, -0.2) is 68.9 Å². The lowest BCUT2D eigenvalue weighted by Crippen LogP contribution is -2.44.